The molecule has 1 saturated carbocycles. The lowest BCUT2D eigenvalue weighted by Gasteiger charge is -2.39. The van der Waals surface area contributed by atoms with E-state index in [1.807, 2.05) is 27.7 Å². The highest BCUT2D eigenvalue weighted by Crippen LogP contribution is 2.29. The highest BCUT2D eigenvalue weighted by atomic mass is 16.3. The molecule has 0 amide bonds. The Kier molecular flexibility index (Phi) is 8.83. The topological polar surface area (TPSA) is 26.7 Å². The molecule has 2 rings (SSSR count). The van der Waals surface area contributed by atoms with Gasteiger partial charge in [0.1, 0.15) is 0 Å². The van der Waals surface area contributed by atoms with Crippen LogP contribution in [0.4, 0.5) is 0 Å². The van der Waals surface area contributed by atoms with Crippen LogP contribution in [0.15, 0.2) is 0 Å². The van der Waals surface area contributed by atoms with Gasteiger partial charge in [-0.05, 0) is 46.3 Å². The summed E-state index contributed by atoms with van der Waals surface area (Å²) in [5, 5.41) is 10.4. The van der Waals surface area contributed by atoms with Gasteiger partial charge in [0.15, 0.2) is 0 Å². The second kappa shape index (κ2) is 8.89. The first kappa shape index (κ1) is 17.9. The zero-order valence-corrected chi connectivity index (χ0v) is 13.4. The number of nitrogens with zero attached hydrogens (tertiary/aromatic N) is 2. The zero-order chi connectivity index (χ0) is 14.2. The van der Waals surface area contributed by atoms with Crippen LogP contribution >= 0.6 is 0 Å². The fourth-order valence-corrected chi connectivity index (χ4v) is 2.58. The Balaban J connectivity index is 0.000000659. The van der Waals surface area contributed by atoms with Crippen LogP contribution in [0, 0.1) is 0 Å². The lowest BCUT2D eigenvalue weighted by Crippen LogP contribution is -2.52. The Morgan fingerprint density at radius 1 is 1.22 bits per heavy atom. The van der Waals surface area contributed by atoms with Crippen LogP contribution in [-0.4, -0.2) is 60.3 Å². The molecule has 0 spiro atoms. The molecule has 1 unspecified atom stereocenters. The van der Waals surface area contributed by atoms with Gasteiger partial charge < -0.3 is 14.9 Å². The van der Waals surface area contributed by atoms with E-state index in [1.165, 1.54) is 12.8 Å². The van der Waals surface area contributed by atoms with Crippen LogP contribution in [0.25, 0.3) is 0 Å². The predicted molar refractivity (Wildman–Crippen MR) is 80.0 cm³/mol. The molecule has 2 aliphatic rings. The van der Waals surface area contributed by atoms with Crippen molar-refractivity contribution in [3.8, 4) is 0 Å². The number of piperidine rings is 1. The van der Waals surface area contributed by atoms with Crippen molar-refractivity contribution >= 4 is 0 Å². The van der Waals surface area contributed by atoms with E-state index in [9.17, 15) is 5.11 Å². The summed E-state index contributed by atoms with van der Waals surface area (Å²) in [6, 6.07) is 0.756. The Hall–Kier alpha value is -0.120. The van der Waals surface area contributed by atoms with E-state index < -0.39 is 5.60 Å². The smallest absolute Gasteiger partial charge is 0.0900 e. The van der Waals surface area contributed by atoms with E-state index in [0.717, 1.165) is 38.5 Å². The molecule has 110 valence electrons. The van der Waals surface area contributed by atoms with Gasteiger partial charge in [-0.3, -0.25) is 0 Å². The largest absolute Gasteiger partial charge is 0.387 e. The first-order valence-electron chi connectivity index (χ1n) is 7.70. The standard InChI is InChI=1S/C11H22N2O.2C2H6/c1-12-7-3-6-11(14,8-12)9-13(2)10-4-5-10;2*1-2/h10,14H,3-9H2,1-2H3;2*1-2H3. The molecule has 0 aromatic carbocycles. The molecule has 1 saturated heterocycles. The minimum atomic E-state index is -0.454. The molecule has 1 aliphatic carbocycles. The van der Waals surface area contributed by atoms with Gasteiger partial charge in [0, 0.05) is 19.1 Å². The number of β-amino-alcohol motifs (C(OH)–C–C–N with tert-alkyl or cyclic N) is 1. The second-order valence-electron chi connectivity index (χ2n) is 5.21. The number of hydrogen-bond acceptors (Lipinski definition) is 3. The summed E-state index contributed by atoms with van der Waals surface area (Å²) in [4.78, 5) is 4.57. The predicted octanol–water partition coefficient (Wildman–Crippen LogP) is 2.59. The average Bonchev–Trinajstić information content (AvgIpc) is 3.17. The molecule has 18 heavy (non-hydrogen) atoms. The zero-order valence-electron chi connectivity index (χ0n) is 13.4. The van der Waals surface area contributed by atoms with E-state index >= 15 is 0 Å². The third-order valence-corrected chi connectivity index (χ3v) is 3.46. The van der Waals surface area contributed by atoms with Crippen molar-refractivity contribution in [3.05, 3.63) is 0 Å². The number of hydrogen-bond donors (Lipinski definition) is 1. The fraction of sp³-hybridized carbons (Fsp3) is 1.00. The molecule has 1 aliphatic heterocycles. The van der Waals surface area contributed by atoms with Gasteiger partial charge in [-0.1, -0.05) is 27.7 Å². The van der Waals surface area contributed by atoms with Gasteiger partial charge in [0.05, 0.1) is 5.60 Å². The van der Waals surface area contributed by atoms with Crippen LogP contribution in [0.5, 0.6) is 0 Å². The monoisotopic (exact) mass is 258 g/mol. The molecule has 0 aromatic heterocycles. The molecule has 3 nitrogen and oxygen atoms in total. The normalized spacial score (nSPS) is 28.0. The van der Waals surface area contributed by atoms with Crippen molar-refractivity contribution in [2.75, 3.05) is 33.7 Å². The third-order valence-electron chi connectivity index (χ3n) is 3.46. The molecule has 0 bridgehead atoms. The Morgan fingerprint density at radius 2 is 1.78 bits per heavy atom. The van der Waals surface area contributed by atoms with Gasteiger partial charge >= 0.3 is 0 Å². The van der Waals surface area contributed by atoms with Crippen molar-refractivity contribution in [3.63, 3.8) is 0 Å². The molecule has 3 heteroatoms. The Labute approximate surface area is 114 Å². The van der Waals surface area contributed by atoms with E-state index in [0.29, 0.717) is 0 Å². The SMILES string of the molecule is CC.CC.CN1CCCC(O)(CN(C)C2CC2)C1. The van der Waals surface area contributed by atoms with Crippen molar-refractivity contribution in [1.82, 2.24) is 9.80 Å². The van der Waals surface area contributed by atoms with Gasteiger partial charge in [0.25, 0.3) is 0 Å². The van der Waals surface area contributed by atoms with Crippen molar-refractivity contribution in [2.45, 2.75) is 65.0 Å². The molecule has 0 aromatic rings. The summed E-state index contributed by atoms with van der Waals surface area (Å²) >= 11 is 0. The number of likely N-dealkylation sites (tertiary alicyclic amines) is 1. The van der Waals surface area contributed by atoms with Gasteiger partial charge in [-0.2, -0.15) is 0 Å². The van der Waals surface area contributed by atoms with Crippen molar-refractivity contribution < 1.29 is 5.11 Å². The Morgan fingerprint density at radius 3 is 2.22 bits per heavy atom. The maximum absolute atomic E-state index is 10.4. The summed E-state index contributed by atoms with van der Waals surface area (Å²) < 4.78 is 0. The summed E-state index contributed by atoms with van der Waals surface area (Å²) in [6.07, 6.45) is 4.74. The first-order valence-corrected chi connectivity index (χ1v) is 7.70. The molecule has 2 fully saturated rings. The molecular weight excluding hydrogens is 224 g/mol. The van der Waals surface area contributed by atoms with Crippen LogP contribution in [0.3, 0.4) is 0 Å². The van der Waals surface area contributed by atoms with E-state index in [4.69, 9.17) is 0 Å². The highest BCUT2D eigenvalue weighted by molar-refractivity contribution is 4.92. The molecule has 1 N–H and O–H groups in total. The fourth-order valence-electron chi connectivity index (χ4n) is 2.58. The minimum Gasteiger partial charge on any atom is -0.387 e. The molecule has 1 atom stereocenters. The van der Waals surface area contributed by atoms with E-state index in [2.05, 4.69) is 23.9 Å². The van der Waals surface area contributed by atoms with Crippen molar-refractivity contribution in [2.24, 2.45) is 0 Å². The number of likely N-dealkylation sites (N-methyl/N-ethyl adjacent to an activating group) is 2. The average molecular weight is 258 g/mol. The summed E-state index contributed by atoms with van der Waals surface area (Å²) in [5.74, 6) is 0. The lowest BCUT2D eigenvalue weighted by atomic mass is 9.92. The van der Waals surface area contributed by atoms with Gasteiger partial charge in [-0.15, -0.1) is 0 Å². The third kappa shape index (κ3) is 6.17. The summed E-state index contributed by atoms with van der Waals surface area (Å²) in [6.45, 7) is 10.8. The summed E-state index contributed by atoms with van der Waals surface area (Å²) in [5.41, 5.74) is -0.454. The maximum atomic E-state index is 10.4. The van der Waals surface area contributed by atoms with Crippen LogP contribution < -0.4 is 0 Å². The van der Waals surface area contributed by atoms with E-state index in [1.54, 1.807) is 0 Å². The molecule has 0 radical (unpaired) electrons. The molecular formula is C15H34N2O. The van der Waals surface area contributed by atoms with Gasteiger partial charge in [-0.25, -0.2) is 0 Å². The second-order valence-corrected chi connectivity index (χ2v) is 5.21. The Bertz CT molecular complexity index is 207. The first-order chi connectivity index (χ1) is 8.59. The lowest BCUT2D eigenvalue weighted by molar-refractivity contribution is -0.0441. The van der Waals surface area contributed by atoms with Gasteiger partial charge in [0.2, 0.25) is 0 Å². The highest BCUT2D eigenvalue weighted by Gasteiger charge is 2.36. The number of aliphatic hydroxyl groups is 1. The summed E-state index contributed by atoms with van der Waals surface area (Å²) in [7, 11) is 4.24. The quantitative estimate of drug-likeness (QED) is 0.843. The van der Waals surface area contributed by atoms with Crippen molar-refractivity contribution in [1.29, 1.82) is 0 Å². The molecule has 1 heterocycles. The minimum absolute atomic E-state index is 0.454. The van der Waals surface area contributed by atoms with Crippen LogP contribution in [0.1, 0.15) is 53.4 Å². The van der Waals surface area contributed by atoms with E-state index in [-0.39, 0.29) is 0 Å². The maximum Gasteiger partial charge on any atom is 0.0900 e. The van der Waals surface area contributed by atoms with Crippen LogP contribution in [-0.2, 0) is 0 Å². The number of rotatable bonds is 3. The van der Waals surface area contributed by atoms with Crippen LogP contribution in [0.2, 0.25) is 0 Å².